The van der Waals surface area contributed by atoms with E-state index in [1.54, 1.807) is 24.3 Å². The van der Waals surface area contributed by atoms with Gasteiger partial charge in [0.1, 0.15) is 12.1 Å². The van der Waals surface area contributed by atoms with Crippen molar-refractivity contribution >= 4 is 28.5 Å². The van der Waals surface area contributed by atoms with Gasteiger partial charge in [0.05, 0.1) is 24.1 Å². The van der Waals surface area contributed by atoms with Gasteiger partial charge >= 0.3 is 0 Å². The van der Waals surface area contributed by atoms with Crippen molar-refractivity contribution in [1.29, 1.82) is 5.26 Å². The standard InChI is InChI=1S/C35H37F2N5O5/c1-35(36,37)25-10-9-20-7-8-22(13-23(20)14-25)32(45)40-27-5-3-2-4-6-28-30(43)16-29(42(28)33(27)46)34(47)41-18-24(17-38)26(19-41)21-11-12-39-31(44)15-21/h7-15,24,26-30,43H,2-6,16,18-19H2,1H3,(H,39,44)(H,40,45)/t24-,26+,27+,28+,29+,30-/m1/s1. The van der Waals surface area contributed by atoms with Crippen molar-refractivity contribution in [2.45, 2.75) is 81.5 Å². The predicted octanol–water partition coefficient (Wildman–Crippen LogP) is 3.80. The molecule has 3 amide bonds. The maximum absolute atomic E-state index is 14.2. The highest BCUT2D eigenvalue weighted by atomic mass is 19.3. The minimum Gasteiger partial charge on any atom is -0.391 e. The van der Waals surface area contributed by atoms with Crippen LogP contribution in [-0.4, -0.2) is 74.9 Å². The van der Waals surface area contributed by atoms with E-state index in [1.807, 2.05) is 0 Å². The van der Waals surface area contributed by atoms with E-state index in [0.29, 0.717) is 35.6 Å². The Bertz CT molecular complexity index is 1800. The summed E-state index contributed by atoms with van der Waals surface area (Å²) in [6.45, 7) is 1.12. The second kappa shape index (κ2) is 12.9. The number of nitrogens with zero attached hydrogens (tertiary/aromatic N) is 3. The lowest BCUT2D eigenvalue weighted by Crippen LogP contribution is -2.56. The molecule has 3 aromatic rings. The molecule has 3 saturated heterocycles. The van der Waals surface area contributed by atoms with Crippen LogP contribution in [0.15, 0.2) is 59.5 Å². The summed E-state index contributed by atoms with van der Waals surface area (Å²) < 4.78 is 28.0. The third-order valence-corrected chi connectivity index (χ3v) is 9.87. The fourth-order valence-electron chi connectivity index (χ4n) is 7.36. The number of benzene rings is 2. The van der Waals surface area contributed by atoms with Crippen molar-refractivity contribution in [2.75, 3.05) is 13.1 Å². The Hall–Kier alpha value is -4.63. The summed E-state index contributed by atoms with van der Waals surface area (Å²) in [5, 5.41) is 25.0. The van der Waals surface area contributed by atoms with Gasteiger partial charge in [-0.3, -0.25) is 19.2 Å². The maximum Gasteiger partial charge on any atom is 0.270 e. The number of fused-ring (bicyclic) bond motifs is 2. The Balaban J connectivity index is 1.24. The smallest absolute Gasteiger partial charge is 0.270 e. The molecule has 3 aliphatic rings. The maximum atomic E-state index is 14.2. The number of carbonyl (C=O) groups excluding carboxylic acids is 3. The number of hydrogen-bond acceptors (Lipinski definition) is 6. The molecule has 0 unspecified atom stereocenters. The van der Waals surface area contributed by atoms with Crippen molar-refractivity contribution < 1.29 is 28.3 Å². The van der Waals surface area contributed by atoms with Gasteiger partial charge in [0.15, 0.2) is 0 Å². The average molecular weight is 646 g/mol. The molecule has 12 heteroatoms. The van der Waals surface area contributed by atoms with Crippen molar-refractivity contribution in [2.24, 2.45) is 5.92 Å². The van der Waals surface area contributed by atoms with Gasteiger partial charge in [-0.2, -0.15) is 5.26 Å². The quantitative estimate of drug-likeness (QED) is 0.385. The molecule has 0 bridgehead atoms. The predicted molar refractivity (Wildman–Crippen MR) is 168 cm³/mol. The van der Waals surface area contributed by atoms with Crippen molar-refractivity contribution in [3.05, 3.63) is 81.8 Å². The number of aliphatic hydroxyl groups is 1. The molecule has 2 aromatic carbocycles. The van der Waals surface area contributed by atoms with Crippen LogP contribution in [0.5, 0.6) is 0 Å². The number of pyridine rings is 1. The van der Waals surface area contributed by atoms with Gasteiger partial charge < -0.3 is 25.2 Å². The number of carbonyl (C=O) groups is 3. The van der Waals surface area contributed by atoms with E-state index in [2.05, 4.69) is 16.4 Å². The Kier molecular flexibility index (Phi) is 8.85. The van der Waals surface area contributed by atoms with E-state index >= 15 is 0 Å². The van der Waals surface area contributed by atoms with Crippen LogP contribution in [0.3, 0.4) is 0 Å². The molecule has 6 rings (SSSR count). The topological polar surface area (TPSA) is 147 Å². The first-order valence-corrected chi connectivity index (χ1v) is 16.0. The van der Waals surface area contributed by atoms with Crippen LogP contribution in [0, 0.1) is 17.2 Å². The third kappa shape index (κ3) is 6.49. The lowest BCUT2D eigenvalue weighted by atomic mass is 9.91. The van der Waals surface area contributed by atoms with Gasteiger partial charge in [0.2, 0.25) is 17.4 Å². The number of amides is 3. The molecule has 0 spiro atoms. The molecular formula is C35H37F2N5O5. The second-order valence-corrected chi connectivity index (χ2v) is 13.0. The molecule has 6 atom stereocenters. The molecule has 4 heterocycles. The normalized spacial score (nSPS) is 26.7. The zero-order valence-electron chi connectivity index (χ0n) is 26.0. The number of aromatic amines is 1. The highest BCUT2D eigenvalue weighted by molar-refractivity contribution is 6.01. The number of aliphatic hydroxyl groups excluding tert-OH is 1. The van der Waals surface area contributed by atoms with E-state index < -0.39 is 47.9 Å². The van der Waals surface area contributed by atoms with Crippen LogP contribution >= 0.6 is 0 Å². The van der Waals surface area contributed by atoms with E-state index in [9.17, 15) is 38.3 Å². The second-order valence-electron chi connectivity index (χ2n) is 13.0. The minimum absolute atomic E-state index is 0.0361. The first-order chi connectivity index (χ1) is 22.4. The average Bonchev–Trinajstić information content (AvgIpc) is 3.64. The molecule has 10 nitrogen and oxygen atoms in total. The summed E-state index contributed by atoms with van der Waals surface area (Å²) in [6, 6.07) is 11.9. The zero-order chi connectivity index (χ0) is 33.5. The van der Waals surface area contributed by atoms with E-state index in [1.165, 1.54) is 40.3 Å². The van der Waals surface area contributed by atoms with Crippen LogP contribution in [0.25, 0.3) is 10.8 Å². The largest absolute Gasteiger partial charge is 0.391 e. The summed E-state index contributed by atoms with van der Waals surface area (Å²) in [4.78, 5) is 59.3. The Morgan fingerprint density at radius 1 is 1.02 bits per heavy atom. The van der Waals surface area contributed by atoms with Crippen LogP contribution in [0.4, 0.5) is 8.78 Å². The minimum atomic E-state index is -3.05. The third-order valence-electron chi connectivity index (χ3n) is 9.87. The van der Waals surface area contributed by atoms with E-state index in [-0.39, 0.29) is 48.0 Å². The number of halogens is 2. The first-order valence-electron chi connectivity index (χ1n) is 16.0. The first kappa shape index (κ1) is 32.3. The van der Waals surface area contributed by atoms with Crippen LogP contribution in [0.2, 0.25) is 0 Å². The van der Waals surface area contributed by atoms with Crippen LogP contribution < -0.4 is 10.9 Å². The molecule has 0 aliphatic carbocycles. The van der Waals surface area contributed by atoms with Crippen molar-refractivity contribution in [3.8, 4) is 6.07 Å². The zero-order valence-corrected chi connectivity index (χ0v) is 26.0. The number of aromatic nitrogens is 1. The fraction of sp³-hybridized carbons (Fsp3) is 0.457. The Labute approximate surface area is 270 Å². The molecule has 1 aromatic heterocycles. The number of H-pyrrole nitrogens is 1. The van der Waals surface area contributed by atoms with Gasteiger partial charge in [-0.25, -0.2) is 8.78 Å². The Morgan fingerprint density at radius 2 is 1.79 bits per heavy atom. The molecule has 47 heavy (non-hydrogen) atoms. The molecule has 0 saturated carbocycles. The highest BCUT2D eigenvalue weighted by Gasteiger charge is 2.50. The summed E-state index contributed by atoms with van der Waals surface area (Å²) in [7, 11) is 0. The summed E-state index contributed by atoms with van der Waals surface area (Å²) in [5.41, 5.74) is 0.371. The number of rotatable bonds is 5. The van der Waals surface area contributed by atoms with Crippen LogP contribution in [0.1, 0.15) is 72.9 Å². The van der Waals surface area contributed by atoms with Crippen molar-refractivity contribution in [1.82, 2.24) is 20.1 Å². The SMILES string of the molecule is CC(F)(F)c1ccc2ccc(C(=O)N[C@H]3CCCCC[C@H]4[C@H](O)C[C@@H](C(=O)N5C[C@@H](C#N)[C@H](c6cc[nH]c(=O)c6)C5)N4C3=O)cc2c1. The summed E-state index contributed by atoms with van der Waals surface area (Å²) >= 11 is 0. The molecule has 0 radical (unpaired) electrons. The lowest BCUT2D eigenvalue weighted by molar-refractivity contribution is -0.146. The summed E-state index contributed by atoms with van der Waals surface area (Å²) in [5.74, 6) is -5.37. The molecule has 3 aliphatic heterocycles. The number of nitriles is 1. The van der Waals surface area contributed by atoms with Crippen LogP contribution in [-0.2, 0) is 15.5 Å². The molecule has 246 valence electrons. The van der Waals surface area contributed by atoms with Gasteiger partial charge in [0.25, 0.3) is 11.8 Å². The number of nitrogens with one attached hydrogen (secondary N) is 2. The Morgan fingerprint density at radius 3 is 2.53 bits per heavy atom. The summed E-state index contributed by atoms with van der Waals surface area (Å²) in [6.07, 6.45) is 3.58. The monoisotopic (exact) mass is 645 g/mol. The molecule has 3 N–H and O–H groups in total. The van der Waals surface area contributed by atoms with E-state index in [4.69, 9.17) is 0 Å². The van der Waals surface area contributed by atoms with Gasteiger partial charge in [-0.1, -0.05) is 37.5 Å². The number of alkyl halides is 2. The number of hydrogen-bond donors (Lipinski definition) is 3. The molecular weight excluding hydrogens is 608 g/mol. The number of likely N-dealkylation sites (tertiary alicyclic amines) is 1. The highest BCUT2D eigenvalue weighted by Crippen LogP contribution is 2.37. The van der Waals surface area contributed by atoms with Gasteiger partial charge in [-0.05, 0) is 53.4 Å². The lowest BCUT2D eigenvalue weighted by Gasteiger charge is -2.34. The molecule has 3 fully saturated rings. The van der Waals surface area contributed by atoms with E-state index in [0.717, 1.165) is 19.8 Å². The van der Waals surface area contributed by atoms with Gasteiger partial charge in [0, 0.05) is 55.7 Å². The van der Waals surface area contributed by atoms with Gasteiger partial charge in [-0.15, -0.1) is 0 Å². The van der Waals surface area contributed by atoms with Crippen molar-refractivity contribution in [3.63, 3.8) is 0 Å². The fourth-order valence-corrected chi connectivity index (χ4v) is 7.36.